The molecule has 1 unspecified atom stereocenters. The standard InChI is InChI=1S/C16H20BrNO3/c1-16(15(19)20)4-6-18(7-5-16)10-13-9-11-8-12(17)2-3-14(11)21-13/h2-3,8,13H,4-7,9-10H2,1H3,(H,19,20). The van der Waals surface area contributed by atoms with Gasteiger partial charge in [-0.2, -0.15) is 0 Å². The van der Waals surface area contributed by atoms with Gasteiger partial charge in [0.2, 0.25) is 0 Å². The van der Waals surface area contributed by atoms with Crippen LogP contribution in [0.4, 0.5) is 0 Å². The zero-order chi connectivity index (χ0) is 15.0. The van der Waals surface area contributed by atoms with Gasteiger partial charge in [0.05, 0.1) is 5.41 Å². The first-order valence-electron chi connectivity index (χ1n) is 7.37. The van der Waals surface area contributed by atoms with E-state index in [2.05, 4.69) is 26.9 Å². The van der Waals surface area contributed by atoms with E-state index in [9.17, 15) is 9.90 Å². The van der Waals surface area contributed by atoms with Gasteiger partial charge < -0.3 is 9.84 Å². The Morgan fingerprint density at radius 2 is 2.19 bits per heavy atom. The number of likely N-dealkylation sites (tertiary alicyclic amines) is 1. The molecule has 1 saturated heterocycles. The summed E-state index contributed by atoms with van der Waals surface area (Å²) in [7, 11) is 0. The van der Waals surface area contributed by atoms with E-state index in [4.69, 9.17) is 4.74 Å². The maximum Gasteiger partial charge on any atom is 0.309 e. The molecule has 2 aliphatic rings. The van der Waals surface area contributed by atoms with Gasteiger partial charge in [0.15, 0.2) is 0 Å². The van der Waals surface area contributed by atoms with Crippen LogP contribution in [-0.4, -0.2) is 41.7 Å². The molecule has 1 aromatic carbocycles. The van der Waals surface area contributed by atoms with Crippen molar-refractivity contribution < 1.29 is 14.6 Å². The molecule has 1 fully saturated rings. The van der Waals surface area contributed by atoms with E-state index < -0.39 is 11.4 Å². The van der Waals surface area contributed by atoms with E-state index in [-0.39, 0.29) is 6.10 Å². The number of carbonyl (C=O) groups is 1. The van der Waals surface area contributed by atoms with Crippen LogP contribution in [0.15, 0.2) is 22.7 Å². The zero-order valence-electron chi connectivity index (χ0n) is 12.1. The number of carboxylic acids is 1. The molecular formula is C16H20BrNO3. The Bertz CT molecular complexity index is 552. The van der Waals surface area contributed by atoms with Crippen molar-refractivity contribution in [2.75, 3.05) is 19.6 Å². The highest BCUT2D eigenvalue weighted by atomic mass is 79.9. The molecule has 114 valence electrons. The fourth-order valence-corrected chi connectivity index (χ4v) is 3.53. The molecule has 0 amide bonds. The largest absolute Gasteiger partial charge is 0.488 e. The summed E-state index contributed by atoms with van der Waals surface area (Å²) in [6.07, 6.45) is 2.55. The highest BCUT2D eigenvalue weighted by Crippen LogP contribution is 2.34. The van der Waals surface area contributed by atoms with Crippen molar-refractivity contribution in [3.63, 3.8) is 0 Å². The van der Waals surface area contributed by atoms with Gasteiger partial charge in [0.25, 0.3) is 0 Å². The molecule has 1 aromatic rings. The summed E-state index contributed by atoms with van der Waals surface area (Å²) < 4.78 is 7.07. The number of hydrogen-bond acceptors (Lipinski definition) is 3. The van der Waals surface area contributed by atoms with Gasteiger partial charge in [-0.1, -0.05) is 15.9 Å². The van der Waals surface area contributed by atoms with E-state index in [1.807, 2.05) is 19.1 Å². The van der Waals surface area contributed by atoms with E-state index in [1.165, 1.54) is 5.56 Å². The molecule has 3 rings (SSSR count). The summed E-state index contributed by atoms with van der Waals surface area (Å²) in [5.74, 6) is 0.312. The van der Waals surface area contributed by atoms with Crippen molar-refractivity contribution in [2.24, 2.45) is 5.41 Å². The maximum absolute atomic E-state index is 11.3. The van der Waals surface area contributed by atoms with Gasteiger partial charge in [0.1, 0.15) is 11.9 Å². The lowest BCUT2D eigenvalue weighted by Crippen LogP contribution is -2.45. The fourth-order valence-electron chi connectivity index (χ4n) is 3.12. The Kier molecular flexibility index (Phi) is 3.97. The summed E-state index contributed by atoms with van der Waals surface area (Å²) in [6, 6.07) is 6.13. The first-order valence-corrected chi connectivity index (χ1v) is 8.16. The van der Waals surface area contributed by atoms with Crippen LogP contribution in [-0.2, 0) is 11.2 Å². The number of rotatable bonds is 3. The predicted molar refractivity (Wildman–Crippen MR) is 83.7 cm³/mol. The lowest BCUT2D eigenvalue weighted by atomic mass is 9.80. The fraction of sp³-hybridized carbons (Fsp3) is 0.562. The molecule has 5 heteroatoms. The highest BCUT2D eigenvalue weighted by Gasteiger charge is 2.37. The molecule has 0 radical (unpaired) electrons. The van der Waals surface area contributed by atoms with Crippen LogP contribution in [0.2, 0.25) is 0 Å². The smallest absolute Gasteiger partial charge is 0.309 e. The number of aliphatic carboxylic acids is 1. The molecule has 0 spiro atoms. The summed E-state index contributed by atoms with van der Waals surface area (Å²) in [5, 5.41) is 9.26. The minimum atomic E-state index is -0.670. The third-order valence-corrected chi connectivity index (χ3v) is 5.19. The Hall–Kier alpha value is -1.07. The van der Waals surface area contributed by atoms with E-state index in [1.54, 1.807) is 0 Å². The number of piperidine rings is 1. The molecule has 0 bridgehead atoms. The van der Waals surface area contributed by atoms with Crippen molar-refractivity contribution in [3.05, 3.63) is 28.2 Å². The SMILES string of the molecule is CC1(C(=O)O)CCN(CC2Cc3cc(Br)ccc3O2)CC1. The van der Waals surface area contributed by atoms with Crippen molar-refractivity contribution in [1.82, 2.24) is 4.90 Å². The summed E-state index contributed by atoms with van der Waals surface area (Å²) in [5.41, 5.74) is 0.697. The average molecular weight is 354 g/mol. The minimum absolute atomic E-state index is 0.184. The Balaban J connectivity index is 1.55. The predicted octanol–water partition coefficient (Wildman–Crippen LogP) is 2.94. The van der Waals surface area contributed by atoms with Crippen molar-refractivity contribution in [2.45, 2.75) is 32.3 Å². The number of benzene rings is 1. The average Bonchev–Trinajstić information content (AvgIpc) is 2.82. The van der Waals surface area contributed by atoms with Gasteiger partial charge in [0, 0.05) is 17.4 Å². The quantitative estimate of drug-likeness (QED) is 0.907. The molecule has 21 heavy (non-hydrogen) atoms. The molecule has 4 nitrogen and oxygen atoms in total. The van der Waals surface area contributed by atoms with E-state index in [0.29, 0.717) is 12.8 Å². The minimum Gasteiger partial charge on any atom is -0.488 e. The first kappa shape index (κ1) is 14.9. The van der Waals surface area contributed by atoms with Gasteiger partial charge in [-0.05, 0) is 56.6 Å². The second-order valence-electron chi connectivity index (χ2n) is 6.36. The molecule has 2 heterocycles. The second kappa shape index (κ2) is 5.61. The Morgan fingerprint density at radius 1 is 1.48 bits per heavy atom. The molecule has 1 N–H and O–H groups in total. The normalized spacial score (nSPS) is 24.4. The Labute approximate surface area is 133 Å². The molecule has 2 aliphatic heterocycles. The lowest BCUT2D eigenvalue weighted by molar-refractivity contribution is -0.150. The number of ether oxygens (including phenoxy) is 1. The van der Waals surface area contributed by atoms with Crippen LogP contribution in [0.1, 0.15) is 25.3 Å². The molecule has 0 aliphatic carbocycles. The van der Waals surface area contributed by atoms with Crippen LogP contribution >= 0.6 is 15.9 Å². The van der Waals surface area contributed by atoms with Gasteiger partial charge in [-0.15, -0.1) is 0 Å². The van der Waals surface area contributed by atoms with E-state index >= 15 is 0 Å². The van der Waals surface area contributed by atoms with Crippen molar-refractivity contribution >= 4 is 21.9 Å². The molecule has 0 aromatic heterocycles. The number of nitrogens with zero attached hydrogens (tertiary/aromatic N) is 1. The Morgan fingerprint density at radius 3 is 2.86 bits per heavy atom. The maximum atomic E-state index is 11.3. The van der Waals surface area contributed by atoms with Crippen LogP contribution in [0.5, 0.6) is 5.75 Å². The number of carboxylic acid groups (broad SMARTS) is 1. The van der Waals surface area contributed by atoms with Crippen LogP contribution in [0.3, 0.4) is 0 Å². The third kappa shape index (κ3) is 3.09. The highest BCUT2D eigenvalue weighted by molar-refractivity contribution is 9.10. The summed E-state index contributed by atoms with van der Waals surface area (Å²) >= 11 is 3.49. The van der Waals surface area contributed by atoms with Crippen LogP contribution in [0.25, 0.3) is 0 Å². The van der Waals surface area contributed by atoms with Crippen molar-refractivity contribution in [3.8, 4) is 5.75 Å². The van der Waals surface area contributed by atoms with Crippen molar-refractivity contribution in [1.29, 1.82) is 0 Å². The molecule has 1 atom stereocenters. The third-order valence-electron chi connectivity index (χ3n) is 4.70. The monoisotopic (exact) mass is 353 g/mol. The van der Waals surface area contributed by atoms with Crippen LogP contribution < -0.4 is 4.74 Å². The van der Waals surface area contributed by atoms with Gasteiger partial charge >= 0.3 is 5.97 Å². The van der Waals surface area contributed by atoms with Crippen LogP contribution in [0, 0.1) is 5.41 Å². The number of halogens is 1. The van der Waals surface area contributed by atoms with Gasteiger partial charge in [-0.3, -0.25) is 9.69 Å². The van der Waals surface area contributed by atoms with E-state index in [0.717, 1.165) is 36.3 Å². The first-order chi connectivity index (χ1) is 9.96. The summed E-state index contributed by atoms with van der Waals surface area (Å²) in [6.45, 7) is 4.40. The number of fused-ring (bicyclic) bond motifs is 1. The lowest BCUT2D eigenvalue weighted by Gasteiger charge is -2.37. The van der Waals surface area contributed by atoms with Gasteiger partial charge in [-0.25, -0.2) is 0 Å². The zero-order valence-corrected chi connectivity index (χ0v) is 13.7. The molecular weight excluding hydrogens is 334 g/mol. The second-order valence-corrected chi connectivity index (χ2v) is 7.28. The summed E-state index contributed by atoms with van der Waals surface area (Å²) in [4.78, 5) is 13.6. The topological polar surface area (TPSA) is 49.8 Å². The molecule has 0 saturated carbocycles. The number of hydrogen-bond donors (Lipinski definition) is 1.